The molecule has 0 atom stereocenters. The lowest BCUT2D eigenvalue weighted by molar-refractivity contribution is -0.385. The molecule has 1 N–H and O–H groups in total. The lowest BCUT2D eigenvalue weighted by atomic mass is 9.90. The third kappa shape index (κ3) is 6.23. The van der Waals surface area contributed by atoms with E-state index in [2.05, 4.69) is 10.5 Å². The Bertz CT molecular complexity index is 608. The largest absolute Gasteiger partial charge is 0.480 e. The van der Waals surface area contributed by atoms with Crippen LogP contribution < -0.4 is 10.1 Å². The summed E-state index contributed by atoms with van der Waals surface area (Å²) >= 11 is 0. The van der Waals surface area contributed by atoms with Gasteiger partial charge in [0.05, 0.1) is 4.92 Å². The van der Waals surface area contributed by atoms with Crippen molar-refractivity contribution in [1.29, 1.82) is 0 Å². The number of nitro benzene ring substituents is 1. The van der Waals surface area contributed by atoms with Crippen molar-refractivity contribution in [3.63, 3.8) is 0 Å². The van der Waals surface area contributed by atoms with E-state index in [0.29, 0.717) is 12.3 Å². The molecule has 132 valence electrons. The second-order valence-electron chi connectivity index (χ2n) is 6.11. The number of amides is 1. The number of rotatable bonds is 7. The molecular formula is C16H23N3O5. The SMILES string of the molecule is CCCNC(=O)O/N=C(/COc1ccccc1[N+](=O)[O-])C(C)(C)C. The van der Waals surface area contributed by atoms with Crippen LogP contribution in [0.4, 0.5) is 10.5 Å². The molecule has 0 aliphatic rings. The lowest BCUT2D eigenvalue weighted by Gasteiger charge is -2.20. The van der Waals surface area contributed by atoms with E-state index < -0.39 is 16.4 Å². The Hall–Kier alpha value is -2.64. The molecule has 0 heterocycles. The van der Waals surface area contributed by atoms with Gasteiger partial charge in [-0.15, -0.1) is 0 Å². The van der Waals surface area contributed by atoms with Crippen LogP contribution in [0.5, 0.6) is 5.75 Å². The Balaban J connectivity index is 2.81. The van der Waals surface area contributed by atoms with Crippen molar-refractivity contribution in [3.8, 4) is 5.75 Å². The number of carbonyl (C=O) groups excluding carboxylic acids is 1. The first-order chi connectivity index (χ1) is 11.3. The first-order valence-corrected chi connectivity index (χ1v) is 7.64. The molecule has 0 fully saturated rings. The van der Waals surface area contributed by atoms with Crippen LogP contribution in [0.25, 0.3) is 0 Å². The molecule has 0 bridgehead atoms. The first-order valence-electron chi connectivity index (χ1n) is 7.64. The van der Waals surface area contributed by atoms with E-state index >= 15 is 0 Å². The minimum absolute atomic E-state index is 0.0323. The smallest absolute Gasteiger partial charge is 0.433 e. The van der Waals surface area contributed by atoms with Gasteiger partial charge in [-0.3, -0.25) is 15.0 Å². The van der Waals surface area contributed by atoms with Gasteiger partial charge in [-0.2, -0.15) is 0 Å². The minimum atomic E-state index is -0.649. The Morgan fingerprint density at radius 1 is 1.33 bits per heavy atom. The van der Waals surface area contributed by atoms with Crippen LogP contribution in [0.15, 0.2) is 29.4 Å². The average molecular weight is 337 g/mol. The van der Waals surface area contributed by atoms with Gasteiger partial charge in [0.15, 0.2) is 5.75 Å². The number of ether oxygens (including phenoxy) is 1. The molecule has 8 nitrogen and oxygen atoms in total. The Morgan fingerprint density at radius 3 is 2.58 bits per heavy atom. The molecule has 0 radical (unpaired) electrons. The molecule has 0 saturated carbocycles. The molecule has 1 aromatic rings. The maximum atomic E-state index is 11.5. The number of nitro groups is 1. The molecule has 8 heteroatoms. The van der Waals surface area contributed by atoms with Gasteiger partial charge in [0.2, 0.25) is 0 Å². The zero-order valence-electron chi connectivity index (χ0n) is 14.4. The number of nitrogens with one attached hydrogen (secondary N) is 1. The maximum absolute atomic E-state index is 11.5. The van der Waals surface area contributed by atoms with E-state index in [1.54, 1.807) is 12.1 Å². The van der Waals surface area contributed by atoms with E-state index in [1.165, 1.54) is 12.1 Å². The second kappa shape index (κ2) is 8.85. The van der Waals surface area contributed by atoms with Crippen molar-refractivity contribution >= 4 is 17.5 Å². The highest BCUT2D eigenvalue weighted by atomic mass is 16.7. The highest BCUT2D eigenvalue weighted by molar-refractivity contribution is 5.90. The number of hydrogen-bond acceptors (Lipinski definition) is 6. The van der Waals surface area contributed by atoms with Crippen LogP contribution in [0.1, 0.15) is 34.1 Å². The molecule has 0 spiro atoms. The lowest BCUT2D eigenvalue weighted by Crippen LogP contribution is -2.29. The highest BCUT2D eigenvalue weighted by Crippen LogP contribution is 2.27. The van der Waals surface area contributed by atoms with Crippen LogP contribution in [0.3, 0.4) is 0 Å². The Kier molecular flexibility index (Phi) is 7.16. The van der Waals surface area contributed by atoms with Crippen molar-refractivity contribution in [3.05, 3.63) is 34.4 Å². The number of oxime groups is 1. The fourth-order valence-corrected chi connectivity index (χ4v) is 1.61. The maximum Gasteiger partial charge on any atom is 0.433 e. The molecule has 0 aromatic heterocycles. The number of para-hydroxylation sites is 2. The van der Waals surface area contributed by atoms with E-state index in [4.69, 9.17) is 9.57 Å². The zero-order valence-corrected chi connectivity index (χ0v) is 14.4. The van der Waals surface area contributed by atoms with Gasteiger partial charge in [-0.25, -0.2) is 4.79 Å². The normalized spacial score (nSPS) is 11.8. The molecular weight excluding hydrogens is 314 g/mol. The number of hydrogen-bond donors (Lipinski definition) is 1. The van der Waals surface area contributed by atoms with Crippen LogP contribution in [0.2, 0.25) is 0 Å². The van der Waals surface area contributed by atoms with Crippen LogP contribution in [-0.2, 0) is 4.84 Å². The zero-order chi connectivity index (χ0) is 18.2. The van der Waals surface area contributed by atoms with Gasteiger partial charge in [-0.05, 0) is 12.5 Å². The molecule has 0 unspecified atom stereocenters. The molecule has 0 saturated heterocycles. The topological polar surface area (TPSA) is 103 Å². The fraction of sp³-hybridized carbons (Fsp3) is 0.500. The predicted molar refractivity (Wildman–Crippen MR) is 90.3 cm³/mol. The van der Waals surface area contributed by atoms with Crippen LogP contribution >= 0.6 is 0 Å². The summed E-state index contributed by atoms with van der Waals surface area (Å²) in [4.78, 5) is 26.8. The van der Waals surface area contributed by atoms with Gasteiger partial charge in [-0.1, -0.05) is 45.0 Å². The van der Waals surface area contributed by atoms with Crippen molar-refractivity contribution in [1.82, 2.24) is 5.32 Å². The quantitative estimate of drug-likeness (QED) is 0.355. The van der Waals surface area contributed by atoms with Crippen LogP contribution in [0, 0.1) is 15.5 Å². The molecule has 0 aliphatic heterocycles. The average Bonchev–Trinajstić information content (AvgIpc) is 2.51. The third-order valence-electron chi connectivity index (χ3n) is 3.05. The van der Waals surface area contributed by atoms with E-state index in [9.17, 15) is 14.9 Å². The molecule has 1 amide bonds. The standard InChI is InChI=1S/C16H23N3O5/c1-5-10-17-15(20)24-18-14(16(2,3)4)11-23-13-9-7-6-8-12(13)19(21)22/h6-9H,5,10-11H2,1-4H3,(H,17,20)/b18-14-. The number of carbonyl (C=O) groups is 1. The molecule has 24 heavy (non-hydrogen) atoms. The van der Waals surface area contributed by atoms with Gasteiger partial charge < -0.3 is 10.1 Å². The van der Waals surface area contributed by atoms with Crippen molar-refractivity contribution in [2.45, 2.75) is 34.1 Å². The first kappa shape index (κ1) is 19.4. The monoisotopic (exact) mass is 337 g/mol. The summed E-state index contributed by atoms with van der Waals surface area (Å²) in [6, 6.07) is 6.07. The summed E-state index contributed by atoms with van der Waals surface area (Å²) < 4.78 is 5.52. The molecule has 0 aliphatic carbocycles. The number of benzene rings is 1. The summed E-state index contributed by atoms with van der Waals surface area (Å²) in [7, 11) is 0. The highest BCUT2D eigenvalue weighted by Gasteiger charge is 2.23. The van der Waals surface area contributed by atoms with E-state index in [0.717, 1.165) is 6.42 Å². The van der Waals surface area contributed by atoms with Gasteiger partial charge >= 0.3 is 11.8 Å². The van der Waals surface area contributed by atoms with E-state index in [1.807, 2.05) is 27.7 Å². The van der Waals surface area contributed by atoms with Crippen molar-refractivity contribution in [2.24, 2.45) is 10.6 Å². The van der Waals surface area contributed by atoms with Crippen molar-refractivity contribution in [2.75, 3.05) is 13.2 Å². The van der Waals surface area contributed by atoms with Gasteiger partial charge in [0.25, 0.3) is 0 Å². The summed E-state index contributed by atoms with van der Waals surface area (Å²) in [6.45, 7) is 8.01. The summed E-state index contributed by atoms with van der Waals surface area (Å²) in [5.41, 5.74) is -0.117. The Morgan fingerprint density at radius 2 is 2.00 bits per heavy atom. The number of nitrogens with zero attached hydrogens (tertiary/aromatic N) is 2. The van der Waals surface area contributed by atoms with Gasteiger partial charge in [0, 0.05) is 18.0 Å². The van der Waals surface area contributed by atoms with Crippen molar-refractivity contribution < 1.29 is 19.3 Å². The predicted octanol–water partition coefficient (Wildman–Crippen LogP) is 3.51. The molecule has 1 aromatic carbocycles. The summed E-state index contributed by atoms with van der Waals surface area (Å²) in [5, 5.41) is 17.4. The fourth-order valence-electron chi connectivity index (χ4n) is 1.61. The minimum Gasteiger partial charge on any atom is -0.480 e. The van der Waals surface area contributed by atoms with Crippen LogP contribution in [-0.4, -0.2) is 29.9 Å². The molecule has 1 rings (SSSR count). The Labute approximate surface area is 141 Å². The van der Waals surface area contributed by atoms with E-state index in [-0.39, 0.29) is 18.0 Å². The summed E-state index contributed by atoms with van der Waals surface area (Å²) in [6.07, 6.45) is 0.135. The summed E-state index contributed by atoms with van der Waals surface area (Å²) in [5.74, 6) is 0.134. The third-order valence-corrected chi connectivity index (χ3v) is 3.05. The van der Waals surface area contributed by atoms with Gasteiger partial charge in [0.1, 0.15) is 12.3 Å². The second-order valence-corrected chi connectivity index (χ2v) is 6.11.